The first-order valence-electron chi connectivity index (χ1n) is 7.33. The van der Waals surface area contributed by atoms with E-state index in [4.69, 9.17) is 9.47 Å². The van der Waals surface area contributed by atoms with Gasteiger partial charge in [-0.2, -0.15) is 0 Å². The van der Waals surface area contributed by atoms with Crippen molar-refractivity contribution < 1.29 is 24.2 Å². The number of carbonyl (C=O) groups is 2. The number of hydrogen-bond acceptors (Lipinski definition) is 5. The summed E-state index contributed by atoms with van der Waals surface area (Å²) < 4.78 is 10.1. The number of benzene rings is 1. The number of aliphatic hydroxyl groups is 1. The average molecular weight is 307 g/mol. The number of imide groups is 1. The van der Waals surface area contributed by atoms with E-state index in [2.05, 4.69) is 0 Å². The van der Waals surface area contributed by atoms with Crippen LogP contribution < -0.4 is 0 Å². The molecule has 3 atom stereocenters. The summed E-state index contributed by atoms with van der Waals surface area (Å²) in [6, 6.07) is 9.18. The number of rotatable bonds is 6. The van der Waals surface area contributed by atoms with Gasteiger partial charge in [0.2, 0.25) is 0 Å². The van der Waals surface area contributed by atoms with Crippen molar-refractivity contribution in [1.82, 2.24) is 4.90 Å². The van der Waals surface area contributed by atoms with Crippen molar-refractivity contribution in [3.8, 4) is 0 Å². The maximum Gasteiger partial charge on any atom is 0.417 e. The molecule has 1 fully saturated rings. The van der Waals surface area contributed by atoms with Crippen molar-refractivity contribution in [2.45, 2.75) is 38.0 Å². The molecule has 1 saturated heterocycles. The minimum atomic E-state index is -1.06. The number of amides is 2. The maximum atomic E-state index is 12.5. The molecule has 1 aliphatic rings. The molecular formula is C16H21NO5. The second-order valence-corrected chi connectivity index (χ2v) is 5.26. The zero-order valence-electron chi connectivity index (χ0n) is 12.8. The van der Waals surface area contributed by atoms with E-state index in [1.165, 1.54) is 7.11 Å². The molecule has 1 aromatic carbocycles. The third-order valence-corrected chi connectivity index (χ3v) is 3.78. The lowest BCUT2D eigenvalue weighted by Gasteiger charge is -2.26. The van der Waals surface area contributed by atoms with Gasteiger partial charge >= 0.3 is 6.09 Å². The highest BCUT2D eigenvalue weighted by molar-refractivity contribution is 5.96. The smallest absolute Gasteiger partial charge is 0.417 e. The Bertz CT molecular complexity index is 519. The predicted octanol–water partition coefficient (Wildman–Crippen LogP) is 1.36. The first kappa shape index (κ1) is 16.5. The fraction of sp³-hybridized carbons (Fsp3) is 0.500. The molecule has 0 radical (unpaired) electrons. The Morgan fingerprint density at radius 2 is 2.14 bits per heavy atom. The quantitative estimate of drug-likeness (QED) is 0.859. The summed E-state index contributed by atoms with van der Waals surface area (Å²) in [6.45, 7) is 1.89. The van der Waals surface area contributed by atoms with Gasteiger partial charge in [-0.1, -0.05) is 37.3 Å². The first-order valence-corrected chi connectivity index (χ1v) is 7.33. The fourth-order valence-corrected chi connectivity index (χ4v) is 2.54. The van der Waals surface area contributed by atoms with Gasteiger partial charge in [0.05, 0.1) is 12.1 Å². The molecule has 0 aliphatic carbocycles. The van der Waals surface area contributed by atoms with Gasteiger partial charge in [0.15, 0.2) is 6.10 Å². The number of nitrogens with zero attached hydrogens (tertiary/aromatic N) is 1. The topological polar surface area (TPSA) is 76.1 Å². The minimum Gasteiger partial charge on any atom is -0.447 e. The lowest BCUT2D eigenvalue weighted by Crippen LogP contribution is -2.50. The lowest BCUT2D eigenvalue weighted by molar-refractivity contribution is -0.146. The molecule has 22 heavy (non-hydrogen) atoms. The van der Waals surface area contributed by atoms with Gasteiger partial charge in [0, 0.05) is 7.11 Å². The van der Waals surface area contributed by atoms with Gasteiger partial charge in [-0.15, -0.1) is 0 Å². The molecule has 6 nitrogen and oxygen atoms in total. The molecule has 1 heterocycles. The van der Waals surface area contributed by atoms with Crippen LogP contribution in [0.4, 0.5) is 4.79 Å². The van der Waals surface area contributed by atoms with E-state index in [0.29, 0.717) is 12.8 Å². The van der Waals surface area contributed by atoms with Crippen molar-refractivity contribution in [2.24, 2.45) is 0 Å². The second kappa shape index (κ2) is 7.38. The molecule has 0 unspecified atom stereocenters. The van der Waals surface area contributed by atoms with E-state index in [9.17, 15) is 14.7 Å². The van der Waals surface area contributed by atoms with E-state index in [1.807, 2.05) is 30.3 Å². The van der Waals surface area contributed by atoms with Crippen LogP contribution in [-0.2, 0) is 20.7 Å². The van der Waals surface area contributed by atoms with Crippen LogP contribution in [0, 0.1) is 0 Å². The van der Waals surface area contributed by atoms with Crippen LogP contribution >= 0.6 is 0 Å². The monoisotopic (exact) mass is 307 g/mol. The van der Waals surface area contributed by atoms with Crippen LogP contribution in [0.15, 0.2) is 30.3 Å². The zero-order valence-corrected chi connectivity index (χ0v) is 12.8. The SMILES string of the molecule is CC[C@@H](O)[C@H](OC)C(=O)N1C(=O)OC[C@@H]1Cc1ccccc1. The van der Waals surface area contributed by atoms with Crippen molar-refractivity contribution in [3.05, 3.63) is 35.9 Å². The Morgan fingerprint density at radius 1 is 1.45 bits per heavy atom. The molecule has 1 aliphatic heterocycles. The second-order valence-electron chi connectivity index (χ2n) is 5.26. The Balaban J connectivity index is 2.15. The molecule has 0 saturated carbocycles. The molecular weight excluding hydrogens is 286 g/mol. The van der Waals surface area contributed by atoms with Crippen LogP contribution in [0.5, 0.6) is 0 Å². The van der Waals surface area contributed by atoms with Gasteiger partial charge in [-0.3, -0.25) is 4.79 Å². The Labute approximate surface area is 129 Å². The Kier molecular flexibility index (Phi) is 5.51. The van der Waals surface area contributed by atoms with Crippen LogP contribution in [0.25, 0.3) is 0 Å². The molecule has 1 N–H and O–H groups in total. The van der Waals surface area contributed by atoms with Crippen LogP contribution in [-0.4, -0.2) is 54.0 Å². The summed E-state index contributed by atoms with van der Waals surface area (Å²) in [5.41, 5.74) is 1.01. The molecule has 1 aromatic rings. The first-order chi connectivity index (χ1) is 10.6. The van der Waals surface area contributed by atoms with Crippen LogP contribution in [0.3, 0.4) is 0 Å². The summed E-state index contributed by atoms with van der Waals surface area (Å²) >= 11 is 0. The number of hydrogen-bond donors (Lipinski definition) is 1. The van der Waals surface area contributed by atoms with E-state index in [0.717, 1.165) is 10.5 Å². The number of aliphatic hydroxyl groups excluding tert-OH is 1. The summed E-state index contributed by atoms with van der Waals surface area (Å²) in [5, 5.41) is 9.89. The molecule has 2 amide bonds. The number of methoxy groups -OCH3 is 1. The van der Waals surface area contributed by atoms with E-state index >= 15 is 0 Å². The normalized spacial score (nSPS) is 20.6. The van der Waals surface area contributed by atoms with Gasteiger partial charge in [0.25, 0.3) is 5.91 Å². The Morgan fingerprint density at radius 3 is 2.73 bits per heavy atom. The summed E-state index contributed by atoms with van der Waals surface area (Å²) in [6.07, 6.45) is -1.83. The highest BCUT2D eigenvalue weighted by atomic mass is 16.6. The van der Waals surface area contributed by atoms with Gasteiger partial charge in [-0.05, 0) is 18.4 Å². The number of carbonyl (C=O) groups excluding carboxylic acids is 2. The molecule has 2 rings (SSSR count). The maximum absolute atomic E-state index is 12.5. The van der Waals surface area contributed by atoms with Crippen molar-refractivity contribution in [1.29, 1.82) is 0 Å². The van der Waals surface area contributed by atoms with Crippen LogP contribution in [0.1, 0.15) is 18.9 Å². The zero-order chi connectivity index (χ0) is 16.1. The van der Waals surface area contributed by atoms with E-state index < -0.39 is 24.2 Å². The van der Waals surface area contributed by atoms with Crippen molar-refractivity contribution in [3.63, 3.8) is 0 Å². The third-order valence-electron chi connectivity index (χ3n) is 3.78. The standard InChI is InChI=1S/C16H21NO5/c1-3-13(18)14(21-2)15(19)17-12(10-22-16(17)20)9-11-7-5-4-6-8-11/h4-8,12-14,18H,3,9-10H2,1-2H3/t12-,13+,14-/m0/s1. The highest BCUT2D eigenvalue weighted by Crippen LogP contribution is 2.20. The van der Waals surface area contributed by atoms with Crippen molar-refractivity contribution in [2.75, 3.05) is 13.7 Å². The highest BCUT2D eigenvalue weighted by Gasteiger charge is 2.42. The van der Waals surface area contributed by atoms with E-state index in [-0.39, 0.29) is 12.6 Å². The molecule has 6 heteroatoms. The average Bonchev–Trinajstić information content (AvgIpc) is 2.89. The molecule has 0 bridgehead atoms. The largest absolute Gasteiger partial charge is 0.447 e. The molecule has 0 aromatic heterocycles. The minimum absolute atomic E-state index is 0.151. The summed E-state index contributed by atoms with van der Waals surface area (Å²) in [5.74, 6) is -0.555. The Hall–Kier alpha value is -1.92. The van der Waals surface area contributed by atoms with E-state index in [1.54, 1.807) is 6.92 Å². The van der Waals surface area contributed by atoms with Gasteiger partial charge < -0.3 is 14.6 Å². The summed E-state index contributed by atoms with van der Waals surface area (Å²) in [4.78, 5) is 25.5. The van der Waals surface area contributed by atoms with Gasteiger partial charge in [0.1, 0.15) is 6.61 Å². The number of cyclic esters (lactones) is 1. The lowest BCUT2D eigenvalue weighted by atomic mass is 10.0. The van der Waals surface area contributed by atoms with Crippen LogP contribution in [0.2, 0.25) is 0 Å². The summed E-state index contributed by atoms with van der Waals surface area (Å²) in [7, 11) is 1.34. The van der Waals surface area contributed by atoms with Crippen molar-refractivity contribution >= 4 is 12.0 Å². The van der Waals surface area contributed by atoms with Gasteiger partial charge in [-0.25, -0.2) is 9.69 Å². The molecule has 120 valence electrons. The fourth-order valence-electron chi connectivity index (χ4n) is 2.54. The third kappa shape index (κ3) is 3.45. The number of ether oxygens (including phenoxy) is 2. The predicted molar refractivity (Wildman–Crippen MR) is 79.2 cm³/mol. The molecule has 0 spiro atoms.